The van der Waals surface area contributed by atoms with Crippen molar-refractivity contribution >= 4 is 17.8 Å². The summed E-state index contributed by atoms with van der Waals surface area (Å²) in [6.45, 7) is 3.34. The number of ether oxygens (including phenoxy) is 2. The minimum absolute atomic E-state index is 0.0841. The molecule has 0 unspecified atom stereocenters. The normalized spacial score (nSPS) is 15.6. The molecule has 1 aliphatic rings. The smallest absolute Gasteiger partial charge is 0.343 e. The number of anilines is 1. The average molecular weight is 293 g/mol. The molecule has 1 aromatic heterocycles. The first-order chi connectivity index (χ1) is 10.2. The highest BCUT2D eigenvalue weighted by Gasteiger charge is 2.28. The van der Waals surface area contributed by atoms with Gasteiger partial charge in [0.15, 0.2) is 0 Å². The number of carbonyl (C=O) groups is 2. The van der Waals surface area contributed by atoms with Crippen LogP contribution < -0.4 is 4.90 Å². The van der Waals surface area contributed by atoms with Crippen LogP contribution in [0.15, 0.2) is 12.5 Å². The average Bonchev–Trinajstić information content (AvgIpc) is 2.54. The van der Waals surface area contributed by atoms with E-state index in [1.54, 1.807) is 6.92 Å². The number of hydrogen-bond acceptors (Lipinski definition) is 7. The molecule has 1 saturated heterocycles. The van der Waals surface area contributed by atoms with Gasteiger partial charge in [0, 0.05) is 19.3 Å². The third-order valence-corrected chi connectivity index (χ3v) is 3.52. The molecule has 0 N–H and O–H groups in total. The zero-order valence-electron chi connectivity index (χ0n) is 12.2. The number of rotatable bonds is 4. The number of nitrogens with zero attached hydrogens (tertiary/aromatic N) is 3. The molecule has 1 fully saturated rings. The second kappa shape index (κ2) is 7.01. The summed E-state index contributed by atoms with van der Waals surface area (Å²) in [5, 5.41) is 0. The van der Waals surface area contributed by atoms with E-state index in [0.29, 0.717) is 43.9 Å². The van der Waals surface area contributed by atoms with E-state index in [9.17, 15) is 9.59 Å². The lowest BCUT2D eigenvalue weighted by Crippen LogP contribution is -2.38. The van der Waals surface area contributed by atoms with E-state index < -0.39 is 5.97 Å². The van der Waals surface area contributed by atoms with Crippen molar-refractivity contribution in [2.75, 3.05) is 31.7 Å². The Bertz CT molecular complexity index is 513. The first-order valence-corrected chi connectivity index (χ1v) is 6.97. The Labute approximate surface area is 123 Å². The van der Waals surface area contributed by atoms with Gasteiger partial charge in [0.05, 0.1) is 19.6 Å². The highest BCUT2D eigenvalue weighted by molar-refractivity contribution is 5.94. The van der Waals surface area contributed by atoms with Crippen molar-refractivity contribution in [2.24, 2.45) is 5.92 Å². The number of methoxy groups -OCH3 is 1. The van der Waals surface area contributed by atoms with E-state index in [2.05, 4.69) is 9.97 Å². The second-order valence-corrected chi connectivity index (χ2v) is 4.76. The zero-order valence-corrected chi connectivity index (χ0v) is 12.2. The Balaban J connectivity index is 2.10. The number of esters is 2. The minimum atomic E-state index is -0.428. The number of piperidine rings is 1. The van der Waals surface area contributed by atoms with Crippen LogP contribution >= 0.6 is 0 Å². The molecule has 0 saturated carbocycles. The lowest BCUT2D eigenvalue weighted by atomic mass is 9.97. The molecule has 0 radical (unpaired) electrons. The van der Waals surface area contributed by atoms with Crippen LogP contribution in [0.2, 0.25) is 0 Å². The number of hydrogen-bond donors (Lipinski definition) is 0. The highest BCUT2D eigenvalue weighted by Crippen LogP contribution is 2.25. The van der Waals surface area contributed by atoms with Gasteiger partial charge in [-0.15, -0.1) is 0 Å². The van der Waals surface area contributed by atoms with Crippen molar-refractivity contribution in [3.8, 4) is 0 Å². The van der Waals surface area contributed by atoms with Gasteiger partial charge in [-0.1, -0.05) is 0 Å². The Kier molecular flexibility index (Phi) is 5.08. The SMILES string of the molecule is CCOC(=O)c1cncnc1N1CCC(C(=O)OC)CC1. The van der Waals surface area contributed by atoms with Crippen molar-refractivity contribution in [1.82, 2.24) is 9.97 Å². The van der Waals surface area contributed by atoms with E-state index in [4.69, 9.17) is 9.47 Å². The fourth-order valence-corrected chi connectivity index (χ4v) is 2.42. The predicted octanol–water partition coefficient (Wildman–Crippen LogP) is 1.04. The van der Waals surface area contributed by atoms with Crippen molar-refractivity contribution < 1.29 is 19.1 Å². The monoisotopic (exact) mass is 293 g/mol. The summed E-state index contributed by atoms with van der Waals surface area (Å²) in [4.78, 5) is 33.5. The maximum Gasteiger partial charge on any atom is 0.343 e. The van der Waals surface area contributed by atoms with Crippen molar-refractivity contribution in [1.29, 1.82) is 0 Å². The zero-order chi connectivity index (χ0) is 15.2. The fourth-order valence-electron chi connectivity index (χ4n) is 2.42. The molecule has 7 nitrogen and oxygen atoms in total. The largest absolute Gasteiger partial charge is 0.469 e. The molecule has 2 rings (SSSR count). The standard InChI is InChI=1S/C14H19N3O4/c1-3-21-14(19)11-8-15-9-16-12(11)17-6-4-10(5-7-17)13(18)20-2/h8-10H,3-7H2,1-2H3. The van der Waals surface area contributed by atoms with Gasteiger partial charge in [-0.05, 0) is 19.8 Å². The summed E-state index contributed by atoms with van der Waals surface area (Å²) in [5.41, 5.74) is 0.357. The molecule has 2 heterocycles. The van der Waals surface area contributed by atoms with Gasteiger partial charge in [-0.25, -0.2) is 14.8 Å². The van der Waals surface area contributed by atoms with Crippen LogP contribution in [0.1, 0.15) is 30.1 Å². The predicted molar refractivity (Wildman–Crippen MR) is 74.9 cm³/mol. The molecule has 0 amide bonds. The third-order valence-electron chi connectivity index (χ3n) is 3.52. The van der Waals surface area contributed by atoms with Gasteiger partial charge in [0.1, 0.15) is 17.7 Å². The van der Waals surface area contributed by atoms with Gasteiger partial charge in [0.2, 0.25) is 0 Å². The van der Waals surface area contributed by atoms with E-state index in [0.717, 1.165) is 0 Å². The molecule has 114 valence electrons. The maximum absolute atomic E-state index is 11.9. The van der Waals surface area contributed by atoms with E-state index in [1.807, 2.05) is 4.90 Å². The molecule has 1 aliphatic heterocycles. The van der Waals surface area contributed by atoms with Gasteiger partial charge in [-0.3, -0.25) is 4.79 Å². The molecular weight excluding hydrogens is 274 g/mol. The van der Waals surface area contributed by atoms with E-state index >= 15 is 0 Å². The van der Waals surface area contributed by atoms with Crippen LogP contribution in [0.4, 0.5) is 5.82 Å². The summed E-state index contributed by atoms with van der Waals surface area (Å²) in [5.74, 6) is -0.128. The summed E-state index contributed by atoms with van der Waals surface area (Å²) in [6.07, 6.45) is 4.23. The Morgan fingerprint density at radius 1 is 1.38 bits per heavy atom. The Morgan fingerprint density at radius 2 is 2.10 bits per heavy atom. The van der Waals surface area contributed by atoms with Crippen LogP contribution in [0.5, 0.6) is 0 Å². The van der Waals surface area contributed by atoms with Gasteiger partial charge >= 0.3 is 11.9 Å². The quantitative estimate of drug-likeness (QED) is 0.767. The number of carbonyl (C=O) groups excluding carboxylic acids is 2. The Morgan fingerprint density at radius 3 is 2.71 bits per heavy atom. The number of aromatic nitrogens is 2. The molecule has 0 spiro atoms. The van der Waals surface area contributed by atoms with Crippen molar-refractivity contribution in [3.63, 3.8) is 0 Å². The maximum atomic E-state index is 11.9. The second-order valence-electron chi connectivity index (χ2n) is 4.76. The molecule has 0 aliphatic carbocycles. The summed E-state index contributed by atoms with van der Waals surface area (Å²) < 4.78 is 9.78. The summed E-state index contributed by atoms with van der Waals surface area (Å²) >= 11 is 0. The van der Waals surface area contributed by atoms with Crippen molar-refractivity contribution in [3.05, 3.63) is 18.1 Å². The van der Waals surface area contributed by atoms with Crippen LogP contribution in [-0.2, 0) is 14.3 Å². The summed E-state index contributed by atoms with van der Waals surface area (Å²) in [6, 6.07) is 0. The molecule has 0 bridgehead atoms. The van der Waals surface area contributed by atoms with Gasteiger partial charge in [-0.2, -0.15) is 0 Å². The first-order valence-electron chi connectivity index (χ1n) is 6.97. The van der Waals surface area contributed by atoms with Crippen LogP contribution in [0, 0.1) is 5.92 Å². The molecule has 21 heavy (non-hydrogen) atoms. The topological polar surface area (TPSA) is 81.6 Å². The first kappa shape index (κ1) is 15.2. The fraction of sp³-hybridized carbons (Fsp3) is 0.571. The van der Waals surface area contributed by atoms with E-state index in [-0.39, 0.29) is 11.9 Å². The summed E-state index contributed by atoms with van der Waals surface area (Å²) in [7, 11) is 1.40. The molecular formula is C14H19N3O4. The van der Waals surface area contributed by atoms with Crippen LogP contribution in [-0.4, -0.2) is 48.7 Å². The van der Waals surface area contributed by atoms with Crippen molar-refractivity contribution in [2.45, 2.75) is 19.8 Å². The molecule has 7 heteroatoms. The highest BCUT2D eigenvalue weighted by atomic mass is 16.5. The lowest BCUT2D eigenvalue weighted by molar-refractivity contribution is -0.146. The lowest BCUT2D eigenvalue weighted by Gasteiger charge is -2.32. The molecule has 0 aromatic carbocycles. The molecule has 1 aromatic rings. The van der Waals surface area contributed by atoms with Crippen LogP contribution in [0.3, 0.4) is 0 Å². The van der Waals surface area contributed by atoms with Crippen LogP contribution in [0.25, 0.3) is 0 Å². The Hall–Kier alpha value is -2.18. The van der Waals surface area contributed by atoms with Gasteiger partial charge in [0.25, 0.3) is 0 Å². The molecule has 0 atom stereocenters. The third kappa shape index (κ3) is 3.48. The van der Waals surface area contributed by atoms with E-state index in [1.165, 1.54) is 19.6 Å². The van der Waals surface area contributed by atoms with Gasteiger partial charge < -0.3 is 14.4 Å². The minimum Gasteiger partial charge on any atom is -0.469 e.